The lowest BCUT2D eigenvalue weighted by Gasteiger charge is -2.14. The molecule has 0 saturated carbocycles. The molecule has 1 aromatic heterocycles. The van der Waals surface area contributed by atoms with E-state index >= 15 is 0 Å². The number of hydrogen-bond acceptors (Lipinski definition) is 3. The molecule has 0 radical (unpaired) electrons. The van der Waals surface area contributed by atoms with Crippen molar-refractivity contribution in [2.75, 3.05) is 6.54 Å². The first-order valence-electron chi connectivity index (χ1n) is 12.1. The number of nitrogens with one attached hydrogen (secondary N) is 2. The van der Waals surface area contributed by atoms with Crippen LogP contribution in [0.2, 0.25) is 0 Å². The van der Waals surface area contributed by atoms with Crippen LogP contribution in [0.4, 0.5) is 0 Å². The van der Waals surface area contributed by atoms with Crippen LogP contribution in [0.1, 0.15) is 66.4 Å². The summed E-state index contributed by atoms with van der Waals surface area (Å²) < 4.78 is 2.23. The Morgan fingerprint density at radius 2 is 1.76 bits per heavy atom. The van der Waals surface area contributed by atoms with E-state index in [2.05, 4.69) is 33.6 Å². The fourth-order valence-corrected chi connectivity index (χ4v) is 4.50. The minimum Gasteiger partial charge on any atom is -0.352 e. The maximum absolute atomic E-state index is 12.7. The molecule has 1 aliphatic heterocycles. The Labute approximate surface area is 195 Å². The van der Waals surface area contributed by atoms with E-state index in [0.717, 1.165) is 68.0 Å². The third-order valence-corrected chi connectivity index (χ3v) is 6.21. The summed E-state index contributed by atoms with van der Waals surface area (Å²) in [5, 5.41) is 4.15. The second-order valence-electron chi connectivity index (χ2n) is 8.73. The molecule has 0 atom stereocenters. The number of aryl methyl sites for hydroxylation is 2. The summed E-state index contributed by atoms with van der Waals surface area (Å²) in [5.41, 5.74) is 6.89. The number of carbonyl (C=O) groups is 2. The van der Waals surface area contributed by atoms with Gasteiger partial charge in [0, 0.05) is 31.1 Å². The third kappa shape index (κ3) is 6.23. The molecule has 1 aliphatic rings. The van der Waals surface area contributed by atoms with Gasteiger partial charge in [-0.15, -0.1) is 0 Å². The third-order valence-electron chi connectivity index (χ3n) is 6.21. The van der Waals surface area contributed by atoms with Crippen molar-refractivity contribution in [1.29, 1.82) is 0 Å². The summed E-state index contributed by atoms with van der Waals surface area (Å²) in [5.74, 6) is -0.0607. The predicted octanol–water partition coefficient (Wildman–Crippen LogP) is 4.91. The van der Waals surface area contributed by atoms with Gasteiger partial charge < -0.3 is 9.88 Å². The van der Waals surface area contributed by atoms with Gasteiger partial charge in [-0.1, -0.05) is 67.8 Å². The average Bonchev–Trinajstić information content (AvgIpc) is 3.22. The first-order chi connectivity index (χ1) is 16.2. The highest BCUT2D eigenvalue weighted by Gasteiger charge is 2.19. The quantitative estimate of drug-likeness (QED) is 0.306. The Balaban J connectivity index is 1.06. The Morgan fingerprint density at radius 1 is 0.939 bits per heavy atom. The fourth-order valence-electron chi connectivity index (χ4n) is 4.50. The van der Waals surface area contributed by atoms with Crippen molar-refractivity contribution in [1.82, 2.24) is 15.4 Å². The highest BCUT2D eigenvalue weighted by atomic mass is 16.6. The zero-order chi connectivity index (χ0) is 22.9. The molecule has 6 heteroatoms. The summed E-state index contributed by atoms with van der Waals surface area (Å²) >= 11 is 0. The van der Waals surface area contributed by atoms with Crippen LogP contribution in [0, 0.1) is 0 Å². The molecule has 3 aromatic rings. The molecule has 2 N–H and O–H groups in total. The van der Waals surface area contributed by atoms with Crippen molar-refractivity contribution in [3.8, 4) is 0 Å². The number of aromatic nitrogens is 1. The number of unbranched alkanes of at least 4 members (excludes halogenated alkanes) is 4. The standard InChI is InChI=1S/C27H33N3O3/c31-25(29-33-20-21-11-5-4-6-12-21)16-7-2-1-3-8-17-28-27(32)24-19-30-18-10-14-22-13-9-15-23(24)26(22)30/h4-6,9,11-13,15,19H,1-3,7-8,10,14,16-18,20H2,(H,28,32)(H,29,31). The zero-order valence-corrected chi connectivity index (χ0v) is 19.1. The Hall–Kier alpha value is -3.12. The maximum atomic E-state index is 12.7. The summed E-state index contributed by atoms with van der Waals surface area (Å²) in [7, 11) is 0. The first-order valence-corrected chi connectivity index (χ1v) is 12.1. The van der Waals surface area contributed by atoms with Crippen LogP contribution in [0.25, 0.3) is 10.9 Å². The van der Waals surface area contributed by atoms with E-state index in [0.29, 0.717) is 19.6 Å². The highest BCUT2D eigenvalue weighted by molar-refractivity contribution is 6.07. The Morgan fingerprint density at radius 3 is 2.64 bits per heavy atom. The number of benzene rings is 2. The molecule has 174 valence electrons. The lowest BCUT2D eigenvalue weighted by atomic mass is 10.0. The van der Waals surface area contributed by atoms with Gasteiger partial charge in [0.25, 0.3) is 5.91 Å². The molecular weight excluding hydrogens is 414 g/mol. The van der Waals surface area contributed by atoms with Crippen LogP contribution < -0.4 is 10.8 Å². The monoisotopic (exact) mass is 447 g/mol. The first kappa shape index (κ1) is 23.1. The SMILES string of the molecule is O=C(CCCCCCCNC(=O)c1cn2c3c(cccc13)CCC2)NOCc1ccccc1. The molecule has 2 aromatic carbocycles. The molecule has 6 nitrogen and oxygen atoms in total. The molecule has 2 heterocycles. The van der Waals surface area contributed by atoms with Gasteiger partial charge in [-0.3, -0.25) is 14.4 Å². The van der Waals surface area contributed by atoms with E-state index < -0.39 is 0 Å². The van der Waals surface area contributed by atoms with Gasteiger partial charge in [0.05, 0.1) is 17.7 Å². The van der Waals surface area contributed by atoms with E-state index in [1.807, 2.05) is 36.5 Å². The molecule has 0 bridgehead atoms. The second kappa shape index (κ2) is 11.7. The van der Waals surface area contributed by atoms with Gasteiger partial charge >= 0.3 is 0 Å². The van der Waals surface area contributed by atoms with E-state index in [4.69, 9.17) is 4.84 Å². The molecule has 33 heavy (non-hydrogen) atoms. The van der Waals surface area contributed by atoms with Crippen molar-refractivity contribution in [2.45, 2.75) is 64.5 Å². The number of rotatable bonds is 12. The highest BCUT2D eigenvalue weighted by Crippen LogP contribution is 2.29. The van der Waals surface area contributed by atoms with Gasteiger partial charge in [-0.2, -0.15) is 0 Å². The summed E-state index contributed by atoms with van der Waals surface area (Å²) in [6.07, 6.45) is 9.58. The van der Waals surface area contributed by atoms with Gasteiger partial charge in [0.1, 0.15) is 0 Å². The van der Waals surface area contributed by atoms with Crippen molar-refractivity contribution < 1.29 is 14.4 Å². The normalized spacial score (nSPS) is 12.6. The van der Waals surface area contributed by atoms with Crippen LogP contribution in [0.3, 0.4) is 0 Å². The topological polar surface area (TPSA) is 72.4 Å². The van der Waals surface area contributed by atoms with Crippen LogP contribution in [-0.2, 0) is 29.2 Å². The number of carbonyl (C=O) groups excluding carboxylic acids is 2. The number of para-hydroxylation sites is 1. The zero-order valence-electron chi connectivity index (χ0n) is 19.1. The van der Waals surface area contributed by atoms with E-state index in [-0.39, 0.29) is 11.8 Å². The van der Waals surface area contributed by atoms with Crippen LogP contribution in [-0.4, -0.2) is 22.9 Å². The molecule has 0 fully saturated rings. The lowest BCUT2D eigenvalue weighted by Crippen LogP contribution is -2.24. The lowest BCUT2D eigenvalue weighted by molar-refractivity contribution is -0.134. The number of hydrogen-bond donors (Lipinski definition) is 2. The maximum Gasteiger partial charge on any atom is 0.253 e. The molecule has 0 aliphatic carbocycles. The second-order valence-corrected chi connectivity index (χ2v) is 8.73. The molecule has 0 unspecified atom stereocenters. The fraction of sp³-hybridized carbons (Fsp3) is 0.407. The van der Waals surface area contributed by atoms with E-state index in [1.165, 1.54) is 11.1 Å². The van der Waals surface area contributed by atoms with Gasteiger partial charge in [-0.05, 0) is 36.8 Å². The smallest absolute Gasteiger partial charge is 0.253 e. The van der Waals surface area contributed by atoms with E-state index in [9.17, 15) is 9.59 Å². The summed E-state index contributed by atoms with van der Waals surface area (Å²) in [6, 6.07) is 16.0. The van der Waals surface area contributed by atoms with Gasteiger partial charge in [-0.25, -0.2) is 5.48 Å². The van der Waals surface area contributed by atoms with Gasteiger partial charge in [0.15, 0.2) is 0 Å². The van der Waals surface area contributed by atoms with E-state index in [1.54, 1.807) is 0 Å². The van der Waals surface area contributed by atoms with Crippen LogP contribution in [0.15, 0.2) is 54.7 Å². The molecule has 2 amide bonds. The molecule has 0 spiro atoms. The van der Waals surface area contributed by atoms with Crippen LogP contribution in [0.5, 0.6) is 0 Å². The Bertz CT molecular complexity index is 1070. The van der Waals surface area contributed by atoms with Crippen molar-refractivity contribution in [3.05, 3.63) is 71.4 Å². The average molecular weight is 448 g/mol. The largest absolute Gasteiger partial charge is 0.352 e. The summed E-state index contributed by atoms with van der Waals surface area (Å²) in [6.45, 7) is 2.04. The Kier molecular flexibility index (Phi) is 8.14. The number of amides is 2. The van der Waals surface area contributed by atoms with Crippen molar-refractivity contribution >= 4 is 22.7 Å². The summed E-state index contributed by atoms with van der Waals surface area (Å²) in [4.78, 5) is 29.8. The van der Waals surface area contributed by atoms with Gasteiger partial charge in [0.2, 0.25) is 5.91 Å². The van der Waals surface area contributed by atoms with Crippen molar-refractivity contribution in [2.24, 2.45) is 0 Å². The van der Waals surface area contributed by atoms with Crippen molar-refractivity contribution in [3.63, 3.8) is 0 Å². The molecule has 4 rings (SSSR count). The number of nitrogens with zero attached hydrogens (tertiary/aromatic N) is 1. The minimum absolute atomic E-state index is 0.0185. The molecule has 0 saturated heterocycles. The predicted molar refractivity (Wildman–Crippen MR) is 130 cm³/mol. The molecular formula is C27H33N3O3. The van der Waals surface area contributed by atoms with Crippen LogP contribution >= 0.6 is 0 Å². The minimum atomic E-state index is -0.0792. The number of hydroxylamine groups is 1.